The Hall–Kier alpha value is -1.95. The second-order valence-electron chi connectivity index (χ2n) is 8.40. The highest BCUT2D eigenvalue weighted by atomic mass is 16.5. The zero-order chi connectivity index (χ0) is 18.4. The van der Waals surface area contributed by atoms with Crippen LogP contribution >= 0.6 is 0 Å². The summed E-state index contributed by atoms with van der Waals surface area (Å²) in [6.07, 6.45) is 5.58. The number of carbonyl (C=O) groups is 1. The highest BCUT2D eigenvalue weighted by Gasteiger charge is 2.40. The van der Waals surface area contributed by atoms with Crippen LogP contribution in [0.15, 0.2) is 10.6 Å². The molecule has 2 fully saturated rings. The van der Waals surface area contributed by atoms with Gasteiger partial charge in [0.1, 0.15) is 0 Å². The molecule has 0 aromatic carbocycles. The van der Waals surface area contributed by atoms with Crippen LogP contribution in [0.4, 0.5) is 0 Å². The van der Waals surface area contributed by atoms with Crippen molar-refractivity contribution in [3.63, 3.8) is 0 Å². The molecule has 0 radical (unpaired) electrons. The van der Waals surface area contributed by atoms with Crippen molar-refractivity contribution in [2.24, 2.45) is 17.6 Å². The first-order valence-corrected chi connectivity index (χ1v) is 9.77. The number of rotatable bonds is 3. The minimum atomic E-state index is -0.0389. The molecule has 2 aromatic rings. The molecule has 2 aliphatic carbocycles. The third-order valence-electron chi connectivity index (χ3n) is 6.07. The summed E-state index contributed by atoms with van der Waals surface area (Å²) in [5, 5.41) is 8.25. The number of nitrogens with one attached hydrogen (secondary N) is 1. The van der Waals surface area contributed by atoms with Gasteiger partial charge in [-0.15, -0.1) is 0 Å². The lowest BCUT2D eigenvalue weighted by Crippen LogP contribution is -2.53. The minimum absolute atomic E-state index is 0.0389. The van der Waals surface area contributed by atoms with E-state index in [1.54, 1.807) is 0 Å². The third kappa shape index (κ3) is 3.00. The molecule has 2 saturated carbocycles. The maximum absolute atomic E-state index is 13.2. The van der Waals surface area contributed by atoms with Crippen molar-refractivity contribution in [2.45, 2.75) is 70.9 Å². The molecular formula is C20H28N4O2. The summed E-state index contributed by atoms with van der Waals surface area (Å²) in [5.74, 6) is 1.11. The van der Waals surface area contributed by atoms with Crippen LogP contribution in [0.1, 0.15) is 73.6 Å². The van der Waals surface area contributed by atoms with E-state index in [1.807, 2.05) is 26.8 Å². The Morgan fingerprint density at radius 3 is 2.65 bits per heavy atom. The van der Waals surface area contributed by atoms with Crippen molar-refractivity contribution in [3.05, 3.63) is 23.0 Å². The van der Waals surface area contributed by atoms with Crippen molar-refractivity contribution in [1.82, 2.24) is 15.5 Å². The molecule has 2 unspecified atom stereocenters. The van der Waals surface area contributed by atoms with Crippen LogP contribution in [0.3, 0.4) is 0 Å². The van der Waals surface area contributed by atoms with E-state index in [2.05, 4.69) is 15.5 Å². The van der Waals surface area contributed by atoms with Gasteiger partial charge in [-0.1, -0.05) is 25.4 Å². The monoisotopic (exact) mass is 356 g/mol. The van der Waals surface area contributed by atoms with E-state index in [0.717, 1.165) is 42.5 Å². The van der Waals surface area contributed by atoms with Crippen molar-refractivity contribution < 1.29 is 9.32 Å². The topological polar surface area (TPSA) is 94.0 Å². The van der Waals surface area contributed by atoms with E-state index in [-0.39, 0.29) is 23.9 Å². The maximum atomic E-state index is 13.2. The molecule has 3 N–H and O–H groups in total. The van der Waals surface area contributed by atoms with Gasteiger partial charge in [-0.25, -0.2) is 4.98 Å². The second kappa shape index (κ2) is 6.65. The molecule has 4 rings (SSSR count). The van der Waals surface area contributed by atoms with Gasteiger partial charge >= 0.3 is 0 Å². The first-order valence-electron chi connectivity index (χ1n) is 9.77. The fourth-order valence-electron chi connectivity index (χ4n) is 4.92. The van der Waals surface area contributed by atoms with Gasteiger partial charge in [0, 0.05) is 17.8 Å². The van der Waals surface area contributed by atoms with Gasteiger partial charge in [-0.05, 0) is 56.4 Å². The Kier molecular flexibility index (Phi) is 4.47. The number of amides is 1. The lowest BCUT2D eigenvalue weighted by molar-refractivity contribution is 0.0757. The summed E-state index contributed by atoms with van der Waals surface area (Å²) >= 11 is 0. The van der Waals surface area contributed by atoms with Crippen LogP contribution in [0, 0.1) is 18.8 Å². The lowest BCUT2D eigenvalue weighted by atomic mass is 9.67. The average molecular weight is 356 g/mol. The van der Waals surface area contributed by atoms with Gasteiger partial charge in [0.25, 0.3) is 11.6 Å². The Morgan fingerprint density at radius 1 is 1.31 bits per heavy atom. The van der Waals surface area contributed by atoms with Crippen LogP contribution in [-0.4, -0.2) is 28.1 Å². The number of aryl methyl sites for hydroxylation is 1. The number of hydrogen-bond acceptors (Lipinski definition) is 5. The van der Waals surface area contributed by atoms with Crippen LogP contribution in [0.5, 0.6) is 0 Å². The summed E-state index contributed by atoms with van der Waals surface area (Å²) in [7, 11) is 0. The molecule has 1 amide bonds. The fourth-order valence-corrected chi connectivity index (χ4v) is 4.92. The number of nitrogens with zero attached hydrogens (tertiary/aromatic N) is 2. The largest absolute Gasteiger partial charge is 0.349 e. The number of hydrogen-bond donors (Lipinski definition) is 2. The van der Waals surface area contributed by atoms with Gasteiger partial charge in [0.05, 0.1) is 16.6 Å². The van der Waals surface area contributed by atoms with E-state index in [1.165, 1.54) is 6.42 Å². The van der Waals surface area contributed by atoms with E-state index >= 15 is 0 Å². The van der Waals surface area contributed by atoms with E-state index in [4.69, 9.17) is 10.3 Å². The minimum Gasteiger partial charge on any atom is -0.349 e. The van der Waals surface area contributed by atoms with Crippen molar-refractivity contribution in [3.8, 4) is 0 Å². The number of carbonyl (C=O) groups excluding carboxylic acids is 1. The van der Waals surface area contributed by atoms with Gasteiger partial charge in [-0.3, -0.25) is 4.79 Å². The predicted octanol–water partition coefficient (Wildman–Crippen LogP) is 3.29. The summed E-state index contributed by atoms with van der Waals surface area (Å²) in [6.45, 7) is 5.97. The molecule has 0 saturated heterocycles. The summed E-state index contributed by atoms with van der Waals surface area (Å²) in [4.78, 5) is 17.6. The zero-order valence-electron chi connectivity index (χ0n) is 15.8. The molecule has 2 heterocycles. The molecular weight excluding hydrogens is 328 g/mol. The van der Waals surface area contributed by atoms with Crippen LogP contribution in [0.2, 0.25) is 0 Å². The van der Waals surface area contributed by atoms with Crippen molar-refractivity contribution >= 4 is 17.0 Å². The van der Waals surface area contributed by atoms with Crippen LogP contribution < -0.4 is 11.1 Å². The summed E-state index contributed by atoms with van der Waals surface area (Å²) in [5.41, 5.74) is 8.86. The quantitative estimate of drug-likeness (QED) is 0.880. The van der Waals surface area contributed by atoms with Crippen LogP contribution in [0.25, 0.3) is 11.1 Å². The molecule has 26 heavy (non-hydrogen) atoms. The average Bonchev–Trinajstić information content (AvgIpc) is 2.98. The predicted molar refractivity (Wildman–Crippen MR) is 99.9 cm³/mol. The molecule has 140 valence electrons. The molecule has 2 aliphatic rings. The van der Waals surface area contributed by atoms with Gasteiger partial charge in [0.2, 0.25) is 0 Å². The van der Waals surface area contributed by atoms with Crippen LogP contribution in [-0.2, 0) is 0 Å². The molecule has 0 aliphatic heterocycles. The fraction of sp³-hybridized carbons (Fsp3) is 0.650. The van der Waals surface area contributed by atoms with Gasteiger partial charge in [0.15, 0.2) is 0 Å². The highest BCUT2D eigenvalue weighted by molar-refractivity contribution is 6.06. The first kappa shape index (κ1) is 17.5. The standard InChI is InChI=1S/C20H28N4O2/c1-10(2)17-16-15(7-11(3)22-20(16)26-24-17)19(25)23-18-12-5-4-6-13(18)9-14(21)8-12/h7,10,12-14,18H,4-6,8-9,21H2,1-3H3,(H,23,25). The summed E-state index contributed by atoms with van der Waals surface area (Å²) in [6, 6.07) is 2.35. The van der Waals surface area contributed by atoms with Crippen molar-refractivity contribution in [2.75, 3.05) is 0 Å². The SMILES string of the molecule is Cc1cc(C(=O)NC2C3CCCC2CC(N)C3)c2c(C(C)C)noc2n1. The summed E-state index contributed by atoms with van der Waals surface area (Å²) < 4.78 is 5.40. The first-order chi connectivity index (χ1) is 12.4. The third-order valence-corrected chi connectivity index (χ3v) is 6.07. The van der Waals surface area contributed by atoms with Gasteiger partial charge in [-0.2, -0.15) is 0 Å². The Bertz CT molecular complexity index is 815. The molecule has 6 heteroatoms. The smallest absolute Gasteiger partial charge is 0.259 e. The number of fused-ring (bicyclic) bond motifs is 3. The lowest BCUT2D eigenvalue weighted by Gasteiger charge is -2.45. The Balaban J connectivity index is 1.67. The highest BCUT2D eigenvalue weighted by Crippen LogP contribution is 2.40. The number of aromatic nitrogens is 2. The molecule has 6 nitrogen and oxygen atoms in total. The Labute approximate surface area is 153 Å². The second-order valence-corrected chi connectivity index (χ2v) is 8.40. The van der Waals surface area contributed by atoms with Crippen molar-refractivity contribution in [1.29, 1.82) is 0 Å². The zero-order valence-corrected chi connectivity index (χ0v) is 15.8. The molecule has 2 atom stereocenters. The van der Waals surface area contributed by atoms with Gasteiger partial charge < -0.3 is 15.6 Å². The Morgan fingerprint density at radius 2 is 2.00 bits per heavy atom. The molecule has 2 bridgehead atoms. The van der Waals surface area contributed by atoms with E-state index in [9.17, 15) is 4.79 Å². The number of nitrogens with two attached hydrogens (primary N) is 1. The molecule has 0 spiro atoms. The molecule has 2 aromatic heterocycles. The normalized spacial score (nSPS) is 28.5. The maximum Gasteiger partial charge on any atom is 0.259 e. The van der Waals surface area contributed by atoms with E-state index < -0.39 is 0 Å². The number of pyridine rings is 1. The van der Waals surface area contributed by atoms with E-state index in [0.29, 0.717) is 23.1 Å².